The van der Waals surface area contributed by atoms with Gasteiger partial charge >= 0.3 is 0 Å². The lowest BCUT2D eigenvalue weighted by atomic mass is 10.1. The van der Waals surface area contributed by atoms with Gasteiger partial charge in [0.1, 0.15) is 0 Å². The Morgan fingerprint density at radius 2 is 1.95 bits per heavy atom. The van der Waals surface area contributed by atoms with E-state index >= 15 is 0 Å². The van der Waals surface area contributed by atoms with Gasteiger partial charge in [0.05, 0.1) is 5.02 Å². The third kappa shape index (κ3) is 4.00. The number of hydrogen-bond donors (Lipinski definition) is 1. The van der Waals surface area contributed by atoms with E-state index in [1.54, 1.807) is 11.8 Å². The standard InChI is InChI=1S/C16H18ClNS/c1-12-6-5-7-13(10-12)15(18-2)11-19-16-9-4-3-8-14(16)17/h3-10,15,18H,11H2,1-2H3. The molecule has 0 aliphatic rings. The lowest BCUT2D eigenvalue weighted by Crippen LogP contribution is -2.18. The van der Waals surface area contributed by atoms with Crippen molar-refractivity contribution in [1.29, 1.82) is 0 Å². The van der Waals surface area contributed by atoms with Crippen molar-refractivity contribution < 1.29 is 0 Å². The normalized spacial score (nSPS) is 12.4. The number of nitrogens with one attached hydrogen (secondary N) is 1. The molecule has 1 unspecified atom stereocenters. The van der Waals surface area contributed by atoms with E-state index in [2.05, 4.69) is 42.6 Å². The first-order valence-electron chi connectivity index (χ1n) is 6.32. The first-order chi connectivity index (χ1) is 9.20. The summed E-state index contributed by atoms with van der Waals surface area (Å²) in [6.07, 6.45) is 0. The minimum absolute atomic E-state index is 0.334. The van der Waals surface area contributed by atoms with Gasteiger partial charge in [-0.15, -0.1) is 11.8 Å². The predicted octanol–water partition coefficient (Wildman–Crippen LogP) is 4.70. The van der Waals surface area contributed by atoms with Crippen LogP contribution in [-0.2, 0) is 0 Å². The summed E-state index contributed by atoms with van der Waals surface area (Å²) in [6.45, 7) is 2.12. The van der Waals surface area contributed by atoms with Crippen LogP contribution in [0.1, 0.15) is 17.2 Å². The molecule has 1 atom stereocenters. The van der Waals surface area contributed by atoms with Crippen LogP contribution in [0.3, 0.4) is 0 Å². The second-order valence-electron chi connectivity index (χ2n) is 4.50. The smallest absolute Gasteiger partial charge is 0.0541 e. The molecular formula is C16H18ClNS. The van der Waals surface area contributed by atoms with E-state index < -0.39 is 0 Å². The number of halogens is 1. The molecule has 0 heterocycles. The lowest BCUT2D eigenvalue weighted by Gasteiger charge is -2.17. The second-order valence-corrected chi connectivity index (χ2v) is 5.97. The zero-order valence-corrected chi connectivity index (χ0v) is 12.8. The zero-order valence-electron chi connectivity index (χ0n) is 11.2. The number of hydrogen-bond acceptors (Lipinski definition) is 2. The maximum atomic E-state index is 6.18. The summed E-state index contributed by atoms with van der Waals surface area (Å²) >= 11 is 7.97. The quantitative estimate of drug-likeness (QED) is 0.801. The third-order valence-corrected chi connectivity index (χ3v) is 4.64. The summed E-state index contributed by atoms with van der Waals surface area (Å²) < 4.78 is 0. The Hall–Kier alpha value is -0.960. The highest BCUT2D eigenvalue weighted by atomic mass is 35.5. The van der Waals surface area contributed by atoms with Crippen LogP contribution in [0, 0.1) is 6.92 Å². The summed E-state index contributed by atoms with van der Waals surface area (Å²) in [6, 6.07) is 16.9. The topological polar surface area (TPSA) is 12.0 Å². The van der Waals surface area contributed by atoms with Crippen LogP contribution >= 0.6 is 23.4 Å². The zero-order chi connectivity index (χ0) is 13.7. The van der Waals surface area contributed by atoms with Crippen molar-refractivity contribution in [2.75, 3.05) is 12.8 Å². The number of benzene rings is 2. The monoisotopic (exact) mass is 291 g/mol. The van der Waals surface area contributed by atoms with Gasteiger partial charge in [0.15, 0.2) is 0 Å². The number of thioether (sulfide) groups is 1. The second kappa shape index (κ2) is 6.99. The molecule has 0 saturated carbocycles. The van der Waals surface area contributed by atoms with Crippen LogP contribution in [0.5, 0.6) is 0 Å². The summed E-state index contributed by atoms with van der Waals surface area (Å²) in [7, 11) is 2.00. The molecule has 0 spiro atoms. The molecule has 0 saturated heterocycles. The van der Waals surface area contributed by atoms with E-state index in [1.165, 1.54) is 11.1 Å². The van der Waals surface area contributed by atoms with Crippen LogP contribution in [0.15, 0.2) is 53.4 Å². The molecule has 1 nitrogen and oxygen atoms in total. The van der Waals surface area contributed by atoms with Crippen LogP contribution < -0.4 is 5.32 Å². The molecule has 0 aliphatic carbocycles. The van der Waals surface area contributed by atoms with Gasteiger partial charge in [-0.05, 0) is 31.7 Å². The molecule has 0 radical (unpaired) electrons. The molecule has 3 heteroatoms. The highest BCUT2D eigenvalue weighted by Gasteiger charge is 2.10. The minimum atomic E-state index is 0.334. The van der Waals surface area contributed by atoms with E-state index in [-0.39, 0.29) is 0 Å². The molecule has 0 fully saturated rings. The maximum absolute atomic E-state index is 6.18. The summed E-state index contributed by atoms with van der Waals surface area (Å²) in [5.41, 5.74) is 2.61. The fraction of sp³-hybridized carbons (Fsp3) is 0.250. The Bertz CT molecular complexity index is 542. The van der Waals surface area contributed by atoms with E-state index in [0.717, 1.165) is 15.7 Å². The Labute approximate surface area is 124 Å². The van der Waals surface area contributed by atoms with Gasteiger partial charge in [0.2, 0.25) is 0 Å². The molecular weight excluding hydrogens is 274 g/mol. The van der Waals surface area contributed by atoms with E-state index in [1.807, 2.05) is 25.2 Å². The predicted molar refractivity (Wildman–Crippen MR) is 85.2 cm³/mol. The van der Waals surface area contributed by atoms with Crippen molar-refractivity contribution in [1.82, 2.24) is 5.32 Å². The molecule has 0 aliphatic heterocycles. The van der Waals surface area contributed by atoms with Crippen molar-refractivity contribution in [2.45, 2.75) is 17.9 Å². The molecule has 2 rings (SSSR count). The van der Waals surface area contributed by atoms with Gasteiger partial charge in [0.25, 0.3) is 0 Å². The first-order valence-corrected chi connectivity index (χ1v) is 7.68. The molecule has 2 aromatic carbocycles. The highest BCUT2D eigenvalue weighted by molar-refractivity contribution is 7.99. The Morgan fingerprint density at radius 1 is 1.16 bits per heavy atom. The van der Waals surface area contributed by atoms with E-state index in [4.69, 9.17) is 11.6 Å². The summed E-state index contributed by atoms with van der Waals surface area (Å²) in [5.74, 6) is 0.962. The average Bonchev–Trinajstić information content (AvgIpc) is 2.41. The maximum Gasteiger partial charge on any atom is 0.0541 e. The third-order valence-electron chi connectivity index (χ3n) is 3.04. The molecule has 100 valence electrons. The van der Waals surface area contributed by atoms with Gasteiger partial charge in [-0.1, -0.05) is 53.6 Å². The van der Waals surface area contributed by atoms with Crippen molar-refractivity contribution in [3.8, 4) is 0 Å². The van der Waals surface area contributed by atoms with Gasteiger partial charge in [-0.3, -0.25) is 0 Å². The van der Waals surface area contributed by atoms with Crippen LogP contribution in [0.4, 0.5) is 0 Å². The van der Waals surface area contributed by atoms with Crippen molar-refractivity contribution in [3.63, 3.8) is 0 Å². The van der Waals surface area contributed by atoms with E-state index in [9.17, 15) is 0 Å². The van der Waals surface area contributed by atoms with Gasteiger partial charge in [-0.25, -0.2) is 0 Å². The van der Waals surface area contributed by atoms with Gasteiger partial charge in [0, 0.05) is 16.7 Å². The Kier molecular flexibility index (Phi) is 5.32. The van der Waals surface area contributed by atoms with Crippen LogP contribution in [0.2, 0.25) is 5.02 Å². The Balaban J connectivity index is 2.06. The molecule has 19 heavy (non-hydrogen) atoms. The average molecular weight is 292 g/mol. The van der Waals surface area contributed by atoms with Crippen LogP contribution in [-0.4, -0.2) is 12.8 Å². The van der Waals surface area contributed by atoms with Crippen molar-refractivity contribution >= 4 is 23.4 Å². The number of rotatable bonds is 5. The Morgan fingerprint density at radius 3 is 2.63 bits per heavy atom. The molecule has 1 N–H and O–H groups in total. The summed E-state index contributed by atoms with van der Waals surface area (Å²) in [5, 5.41) is 4.20. The van der Waals surface area contributed by atoms with Crippen molar-refractivity contribution in [3.05, 3.63) is 64.7 Å². The molecule has 0 aromatic heterocycles. The largest absolute Gasteiger partial charge is 0.312 e. The first kappa shape index (κ1) is 14.4. The molecule has 2 aromatic rings. The molecule has 0 bridgehead atoms. The van der Waals surface area contributed by atoms with Gasteiger partial charge < -0.3 is 5.32 Å². The fourth-order valence-corrected chi connectivity index (χ4v) is 3.35. The van der Waals surface area contributed by atoms with Gasteiger partial charge in [-0.2, -0.15) is 0 Å². The fourth-order valence-electron chi connectivity index (χ4n) is 1.97. The highest BCUT2D eigenvalue weighted by Crippen LogP contribution is 2.30. The van der Waals surface area contributed by atoms with Crippen LogP contribution in [0.25, 0.3) is 0 Å². The minimum Gasteiger partial charge on any atom is -0.312 e. The summed E-state index contributed by atoms with van der Waals surface area (Å²) in [4.78, 5) is 1.14. The van der Waals surface area contributed by atoms with Crippen molar-refractivity contribution in [2.24, 2.45) is 0 Å². The number of aryl methyl sites for hydroxylation is 1. The molecule has 0 amide bonds. The van der Waals surface area contributed by atoms with E-state index in [0.29, 0.717) is 6.04 Å². The lowest BCUT2D eigenvalue weighted by molar-refractivity contribution is 0.661. The SMILES string of the molecule is CNC(CSc1ccccc1Cl)c1cccc(C)c1.